The SMILES string of the molecule is Cc1ccc2[nH]c(-c3cnnc(N)n3)c(C)c2c1. The Balaban J connectivity index is 2.27. The number of H-pyrrole nitrogens is 1. The molecule has 3 N–H and O–H groups in total. The fourth-order valence-electron chi connectivity index (χ4n) is 2.13. The lowest BCUT2D eigenvalue weighted by Gasteiger charge is -1.99. The van der Waals surface area contributed by atoms with Gasteiger partial charge in [0.05, 0.1) is 11.9 Å². The third-order valence-electron chi connectivity index (χ3n) is 3.05. The van der Waals surface area contributed by atoms with Gasteiger partial charge in [0.1, 0.15) is 5.69 Å². The quantitative estimate of drug-likeness (QED) is 0.682. The molecule has 0 saturated carbocycles. The van der Waals surface area contributed by atoms with Crippen molar-refractivity contribution >= 4 is 16.9 Å². The average Bonchev–Trinajstić information content (AvgIpc) is 2.67. The summed E-state index contributed by atoms with van der Waals surface area (Å²) in [6.45, 7) is 4.14. The van der Waals surface area contributed by atoms with Gasteiger partial charge in [0, 0.05) is 10.9 Å². The second-order valence-electron chi connectivity index (χ2n) is 4.37. The Kier molecular flexibility index (Phi) is 2.26. The Morgan fingerprint density at radius 3 is 2.83 bits per heavy atom. The number of benzene rings is 1. The summed E-state index contributed by atoms with van der Waals surface area (Å²) in [5, 5.41) is 8.69. The Morgan fingerprint density at radius 2 is 2.06 bits per heavy atom. The molecule has 0 fully saturated rings. The molecule has 0 aliphatic heterocycles. The minimum atomic E-state index is 0.182. The summed E-state index contributed by atoms with van der Waals surface area (Å²) < 4.78 is 0. The van der Waals surface area contributed by atoms with Crippen LogP contribution in [0.4, 0.5) is 5.95 Å². The normalized spacial score (nSPS) is 11.0. The summed E-state index contributed by atoms with van der Waals surface area (Å²) in [5.41, 5.74) is 10.7. The molecule has 5 heteroatoms. The Morgan fingerprint density at radius 1 is 1.22 bits per heavy atom. The van der Waals surface area contributed by atoms with Crippen LogP contribution in [0.1, 0.15) is 11.1 Å². The van der Waals surface area contributed by atoms with Crippen molar-refractivity contribution in [1.29, 1.82) is 0 Å². The van der Waals surface area contributed by atoms with E-state index in [9.17, 15) is 0 Å². The van der Waals surface area contributed by atoms with Crippen LogP contribution in [-0.4, -0.2) is 20.2 Å². The van der Waals surface area contributed by atoms with Gasteiger partial charge in [0.15, 0.2) is 0 Å². The standard InChI is InChI=1S/C13H13N5/c1-7-3-4-10-9(5-7)8(2)12(16-10)11-6-15-18-13(14)17-11/h3-6,16H,1-2H3,(H2,14,17,18). The number of nitrogens with one attached hydrogen (secondary N) is 1. The van der Waals surface area contributed by atoms with Gasteiger partial charge in [0.25, 0.3) is 0 Å². The van der Waals surface area contributed by atoms with E-state index in [1.165, 1.54) is 10.9 Å². The van der Waals surface area contributed by atoms with Crippen LogP contribution in [0, 0.1) is 13.8 Å². The molecule has 0 radical (unpaired) electrons. The third-order valence-corrected chi connectivity index (χ3v) is 3.05. The number of anilines is 1. The smallest absolute Gasteiger partial charge is 0.240 e. The lowest BCUT2D eigenvalue weighted by atomic mass is 10.1. The van der Waals surface area contributed by atoms with Crippen molar-refractivity contribution in [3.8, 4) is 11.4 Å². The van der Waals surface area contributed by atoms with E-state index in [4.69, 9.17) is 5.73 Å². The summed E-state index contributed by atoms with van der Waals surface area (Å²) in [6, 6.07) is 6.30. The maximum atomic E-state index is 5.57. The average molecular weight is 239 g/mol. The summed E-state index contributed by atoms with van der Waals surface area (Å²) in [5.74, 6) is 0.182. The van der Waals surface area contributed by atoms with Gasteiger partial charge in [-0.1, -0.05) is 11.6 Å². The molecule has 0 aliphatic carbocycles. The monoisotopic (exact) mass is 239 g/mol. The molecule has 0 saturated heterocycles. The maximum Gasteiger partial charge on any atom is 0.240 e. The molecule has 2 aromatic heterocycles. The van der Waals surface area contributed by atoms with Crippen molar-refractivity contribution in [1.82, 2.24) is 20.2 Å². The van der Waals surface area contributed by atoms with E-state index >= 15 is 0 Å². The first-order valence-electron chi connectivity index (χ1n) is 5.69. The summed E-state index contributed by atoms with van der Waals surface area (Å²) in [6.07, 6.45) is 1.61. The van der Waals surface area contributed by atoms with Gasteiger partial charge in [-0.3, -0.25) is 0 Å². The molecule has 1 aromatic carbocycles. The van der Waals surface area contributed by atoms with E-state index in [2.05, 4.69) is 52.2 Å². The van der Waals surface area contributed by atoms with E-state index in [-0.39, 0.29) is 5.95 Å². The molecule has 0 spiro atoms. The molecule has 0 unspecified atom stereocenters. The van der Waals surface area contributed by atoms with Gasteiger partial charge >= 0.3 is 0 Å². The van der Waals surface area contributed by atoms with Crippen LogP contribution in [-0.2, 0) is 0 Å². The second-order valence-corrected chi connectivity index (χ2v) is 4.37. The van der Waals surface area contributed by atoms with Crippen LogP contribution in [0.25, 0.3) is 22.3 Å². The fraction of sp³-hybridized carbons (Fsp3) is 0.154. The number of rotatable bonds is 1. The number of nitrogens with two attached hydrogens (primary N) is 1. The molecule has 0 amide bonds. The minimum Gasteiger partial charge on any atom is -0.366 e. The van der Waals surface area contributed by atoms with Crippen LogP contribution in [0.15, 0.2) is 24.4 Å². The van der Waals surface area contributed by atoms with Crippen LogP contribution < -0.4 is 5.73 Å². The molecule has 0 atom stereocenters. The summed E-state index contributed by atoms with van der Waals surface area (Å²) in [7, 11) is 0. The predicted octanol–water partition coefficient (Wildman–Crippen LogP) is 2.22. The van der Waals surface area contributed by atoms with E-state index in [1.807, 2.05) is 0 Å². The zero-order chi connectivity index (χ0) is 12.7. The van der Waals surface area contributed by atoms with Gasteiger partial charge in [-0.2, -0.15) is 5.10 Å². The minimum absolute atomic E-state index is 0.182. The van der Waals surface area contributed by atoms with Crippen molar-refractivity contribution < 1.29 is 0 Å². The van der Waals surface area contributed by atoms with Crippen molar-refractivity contribution in [3.63, 3.8) is 0 Å². The molecular formula is C13H13N5. The Labute approximate surface area is 104 Å². The first-order valence-corrected chi connectivity index (χ1v) is 5.69. The topological polar surface area (TPSA) is 80.5 Å². The Hall–Kier alpha value is -2.43. The molecule has 90 valence electrons. The molecule has 3 rings (SSSR count). The van der Waals surface area contributed by atoms with Gasteiger partial charge in [-0.05, 0) is 31.5 Å². The molecule has 5 nitrogen and oxygen atoms in total. The van der Waals surface area contributed by atoms with E-state index in [1.54, 1.807) is 6.20 Å². The second kappa shape index (κ2) is 3.80. The molecule has 0 bridgehead atoms. The van der Waals surface area contributed by atoms with E-state index in [0.717, 1.165) is 16.8 Å². The highest BCUT2D eigenvalue weighted by Gasteiger charge is 2.11. The van der Waals surface area contributed by atoms with E-state index in [0.29, 0.717) is 5.69 Å². The van der Waals surface area contributed by atoms with Crippen LogP contribution >= 0.6 is 0 Å². The van der Waals surface area contributed by atoms with Crippen LogP contribution in [0.2, 0.25) is 0 Å². The van der Waals surface area contributed by atoms with Crippen LogP contribution in [0.3, 0.4) is 0 Å². The lowest BCUT2D eigenvalue weighted by Crippen LogP contribution is -1.98. The summed E-state index contributed by atoms with van der Waals surface area (Å²) >= 11 is 0. The molecule has 18 heavy (non-hydrogen) atoms. The first-order chi connectivity index (χ1) is 8.65. The number of aryl methyl sites for hydroxylation is 2. The lowest BCUT2D eigenvalue weighted by molar-refractivity contribution is 0.986. The molecule has 3 aromatic rings. The van der Waals surface area contributed by atoms with Crippen molar-refractivity contribution in [3.05, 3.63) is 35.5 Å². The third kappa shape index (κ3) is 1.60. The number of nitrogen functional groups attached to an aromatic ring is 1. The Bertz CT molecular complexity index is 729. The number of aromatic nitrogens is 4. The number of hydrogen-bond donors (Lipinski definition) is 2. The van der Waals surface area contributed by atoms with E-state index < -0.39 is 0 Å². The number of fused-ring (bicyclic) bond motifs is 1. The van der Waals surface area contributed by atoms with Crippen molar-refractivity contribution in [2.24, 2.45) is 0 Å². The number of hydrogen-bond acceptors (Lipinski definition) is 4. The first kappa shape index (κ1) is 10.7. The van der Waals surface area contributed by atoms with Crippen molar-refractivity contribution in [2.75, 3.05) is 5.73 Å². The van der Waals surface area contributed by atoms with Gasteiger partial charge in [0.2, 0.25) is 5.95 Å². The van der Waals surface area contributed by atoms with Crippen LogP contribution in [0.5, 0.6) is 0 Å². The van der Waals surface area contributed by atoms with Gasteiger partial charge < -0.3 is 10.7 Å². The predicted molar refractivity (Wildman–Crippen MR) is 71.0 cm³/mol. The zero-order valence-electron chi connectivity index (χ0n) is 10.2. The zero-order valence-corrected chi connectivity index (χ0v) is 10.2. The highest BCUT2D eigenvalue weighted by Crippen LogP contribution is 2.28. The molecular weight excluding hydrogens is 226 g/mol. The maximum absolute atomic E-state index is 5.57. The summed E-state index contributed by atoms with van der Waals surface area (Å²) in [4.78, 5) is 7.54. The molecule has 2 heterocycles. The number of nitrogens with zero attached hydrogens (tertiary/aromatic N) is 3. The highest BCUT2D eigenvalue weighted by atomic mass is 15.2. The van der Waals surface area contributed by atoms with Gasteiger partial charge in [-0.25, -0.2) is 4.98 Å². The fourth-order valence-corrected chi connectivity index (χ4v) is 2.13. The van der Waals surface area contributed by atoms with Gasteiger partial charge in [-0.15, -0.1) is 5.10 Å². The largest absolute Gasteiger partial charge is 0.366 e. The molecule has 0 aliphatic rings. The number of aromatic amines is 1. The highest BCUT2D eigenvalue weighted by molar-refractivity contribution is 5.90. The van der Waals surface area contributed by atoms with Crippen molar-refractivity contribution in [2.45, 2.75) is 13.8 Å².